The van der Waals surface area contributed by atoms with Gasteiger partial charge in [0.2, 0.25) is 5.95 Å². The molecule has 6 heterocycles. The fourth-order valence-electron chi connectivity index (χ4n) is 5.76. The van der Waals surface area contributed by atoms with E-state index in [0.29, 0.717) is 36.2 Å². The van der Waals surface area contributed by atoms with E-state index in [1.807, 2.05) is 10.9 Å². The summed E-state index contributed by atoms with van der Waals surface area (Å²) in [6.07, 6.45) is 10.8. The molecule has 1 unspecified atom stereocenters. The van der Waals surface area contributed by atoms with Crippen molar-refractivity contribution in [1.82, 2.24) is 34.7 Å². The molecular weight excluding hydrogens is 537 g/mol. The molecule has 0 amide bonds. The monoisotopic (exact) mass is 569 g/mol. The normalized spacial score (nSPS) is 18.0. The molecule has 2 fully saturated rings. The zero-order valence-electron chi connectivity index (χ0n) is 23.3. The van der Waals surface area contributed by atoms with Gasteiger partial charge < -0.3 is 24.6 Å². The summed E-state index contributed by atoms with van der Waals surface area (Å²) in [6, 6.07) is 8.28. The number of anilines is 2. The summed E-state index contributed by atoms with van der Waals surface area (Å²) in [5.74, 6) is 1.15. The zero-order valence-corrected chi connectivity index (χ0v) is 23.3. The number of H-pyrrole nitrogens is 1. The summed E-state index contributed by atoms with van der Waals surface area (Å²) >= 11 is 0. The van der Waals surface area contributed by atoms with E-state index in [1.165, 1.54) is 12.1 Å². The first kappa shape index (κ1) is 26.5. The van der Waals surface area contributed by atoms with E-state index in [-0.39, 0.29) is 5.82 Å². The van der Waals surface area contributed by atoms with Crippen molar-refractivity contribution in [3.05, 3.63) is 78.4 Å². The Morgan fingerprint density at radius 3 is 2.38 bits per heavy atom. The molecule has 12 heteroatoms. The van der Waals surface area contributed by atoms with Crippen LogP contribution < -0.4 is 9.80 Å². The predicted molar refractivity (Wildman–Crippen MR) is 156 cm³/mol. The number of ether oxygens (including phenoxy) is 1. The molecule has 0 bridgehead atoms. The van der Waals surface area contributed by atoms with E-state index >= 15 is 0 Å². The van der Waals surface area contributed by atoms with Gasteiger partial charge in [-0.25, -0.2) is 24.3 Å². The Morgan fingerprint density at radius 2 is 1.64 bits per heavy atom. The van der Waals surface area contributed by atoms with Gasteiger partial charge in [0.15, 0.2) is 0 Å². The number of nitrogens with zero attached hydrogens (tertiary/aromatic N) is 8. The molecule has 5 aromatic rings. The molecule has 0 saturated carbocycles. The van der Waals surface area contributed by atoms with E-state index in [9.17, 15) is 9.50 Å². The lowest BCUT2D eigenvalue weighted by atomic mass is 9.90. The number of fused-ring (bicyclic) bond motifs is 1. The number of halogens is 1. The summed E-state index contributed by atoms with van der Waals surface area (Å²) in [7, 11) is 0. The molecule has 4 aromatic heterocycles. The smallest absolute Gasteiger partial charge is 0.225 e. The van der Waals surface area contributed by atoms with Gasteiger partial charge in [-0.1, -0.05) is 12.1 Å². The SMILES string of the molecule is CC(O)(c1ccc(F)cc1)c1cnc(N2CCN(c3ncnc4[nH]c(-c5cnn(C6CCOCC6)c5)cc34)CC2)nc1. The fourth-order valence-corrected chi connectivity index (χ4v) is 5.76. The quantitative estimate of drug-likeness (QED) is 0.315. The lowest BCUT2D eigenvalue weighted by molar-refractivity contribution is 0.0662. The van der Waals surface area contributed by atoms with Crippen molar-refractivity contribution in [2.45, 2.75) is 31.4 Å². The lowest BCUT2D eigenvalue weighted by Crippen LogP contribution is -2.47. The van der Waals surface area contributed by atoms with Crippen LogP contribution in [0.1, 0.15) is 36.9 Å². The molecular formula is C30H32FN9O2. The minimum atomic E-state index is -1.33. The second kappa shape index (κ2) is 10.8. The highest BCUT2D eigenvalue weighted by Crippen LogP contribution is 2.32. The molecule has 1 atom stereocenters. The summed E-state index contributed by atoms with van der Waals surface area (Å²) in [5.41, 5.74) is 2.57. The Morgan fingerprint density at radius 1 is 0.929 bits per heavy atom. The predicted octanol–water partition coefficient (Wildman–Crippen LogP) is 3.68. The van der Waals surface area contributed by atoms with Crippen LogP contribution in [0.25, 0.3) is 22.3 Å². The van der Waals surface area contributed by atoms with Gasteiger partial charge in [0.25, 0.3) is 0 Å². The molecule has 0 aliphatic carbocycles. The molecule has 11 nitrogen and oxygen atoms in total. The van der Waals surface area contributed by atoms with Gasteiger partial charge in [-0.15, -0.1) is 0 Å². The molecule has 2 aliphatic rings. The molecule has 2 saturated heterocycles. The van der Waals surface area contributed by atoms with Gasteiger partial charge in [-0.3, -0.25) is 4.68 Å². The largest absolute Gasteiger partial charge is 0.381 e. The second-order valence-electron chi connectivity index (χ2n) is 11.0. The number of hydrogen-bond donors (Lipinski definition) is 2. The van der Waals surface area contributed by atoms with Crippen molar-refractivity contribution in [3.8, 4) is 11.3 Å². The Hall–Kier alpha value is -4.42. The van der Waals surface area contributed by atoms with E-state index in [4.69, 9.17) is 4.74 Å². The maximum Gasteiger partial charge on any atom is 0.225 e. The topological polar surface area (TPSA) is 121 Å². The van der Waals surface area contributed by atoms with Crippen LogP contribution in [0.15, 0.2) is 61.4 Å². The maximum atomic E-state index is 13.4. The Bertz CT molecular complexity index is 1670. The number of rotatable bonds is 6. The highest BCUT2D eigenvalue weighted by atomic mass is 19.1. The third-order valence-corrected chi connectivity index (χ3v) is 8.35. The van der Waals surface area contributed by atoms with E-state index in [2.05, 4.69) is 52.1 Å². The summed E-state index contributed by atoms with van der Waals surface area (Å²) in [5, 5.41) is 16.7. The number of piperazine rings is 1. The second-order valence-corrected chi connectivity index (χ2v) is 11.0. The summed E-state index contributed by atoms with van der Waals surface area (Å²) < 4.78 is 20.9. The molecule has 1 aromatic carbocycles. The lowest BCUT2D eigenvalue weighted by Gasteiger charge is -2.35. The first-order chi connectivity index (χ1) is 20.5. The average Bonchev–Trinajstić information content (AvgIpc) is 3.70. The number of aliphatic hydroxyl groups is 1. The van der Waals surface area contributed by atoms with Crippen LogP contribution in [0.4, 0.5) is 16.2 Å². The third kappa shape index (κ3) is 4.96. The number of aromatic nitrogens is 7. The number of benzene rings is 1. The van der Waals surface area contributed by atoms with Crippen molar-refractivity contribution in [2.24, 2.45) is 0 Å². The third-order valence-electron chi connectivity index (χ3n) is 8.35. The first-order valence-corrected chi connectivity index (χ1v) is 14.2. The van der Waals surface area contributed by atoms with Crippen LogP contribution in [-0.4, -0.2) is 79.2 Å². The van der Waals surface area contributed by atoms with Gasteiger partial charge in [-0.05, 0) is 43.5 Å². The summed E-state index contributed by atoms with van der Waals surface area (Å²) in [6.45, 7) is 6.12. The molecule has 2 aliphatic heterocycles. The van der Waals surface area contributed by atoms with E-state index in [0.717, 1.165) is 67.3 Å². The van der Waals surface area contributed by atoms with Crippen LogP contribution in [0.2, 0.25) is 0 Å². The molecule has 0 radical (unpaired) electrons. The van der Waals surface area contributed by atoms with Crippen LogP contribution in [0, 0.1) is 5.82 Å². The van der Waals surface area contributed by atoms with Gasteiger partial charge in [-0.2, -0.15) is 5.10 Å². The Balaban J connectivity index is 1.04. The van der Waals surface area contributed by atoms with Crippen LogP contribution >= 0.6 is 0 Å². The minimum absolute atomic E-state index is 0.349. The number of hydrogen-bond acceptors (Lipinski definition) is 9. The Kier molecular flexibility index (Phi) is 6.79. The van der Waals surface area contributed by atoms with Gasteiger partial charge in [0, 0.05) is 69.1 Å². The van der Waals surface area contributed by atoms with E-state index < -0.39 is 5.60 Å². The fraction of sp³-hybridized carbons (Fsp3) is 0.367. The van der Waals surface area contributed by atoms with Crippen molar-refractivity contribution in [2.75, 3.05) is 49.2 Å². The van der Waals surface area contributed by atoms with Gasteiger partial charge in [0.1, 0.15) is 29.2 Å². The molecule has 0 spiro atoms. The van der Waals surface area contributed by atoms with Crippen molar-refractivity contribution in [3.63, 3.8) is 0 Å². The van der Waals surface area contributed by atoms with Crippen LogP contribution in [0.5, 0.6) is 0 Å². The molecule has 216 valence electrons. The number of aromatic amines is 1. The maximum absolute atomic E-state index is 13.4. The zero-order chi connectivity index (χ0) is 28.7. The van der Waals surface area contributed by atoms with Gasteiger partial charge in [0.05, 0.1) is 23.3 Å². The standard InChI is InChI=1S/C30H32FN9O2/c1-30(41,21-2-4-23(31)5-3-21)22-16-32-29(33-17-22)39-10-8-38(9-11-39)28-25-14-26(37-27(25)34-19-35-28)20-15-36-40(18-20)24-6-12-42-13-7-24/h2-5,14-19,24,41H,6-13H2,1H3,(H,34,35,37). The summed E-state index contributed by atoms with van der Waals surface area (Å²) in [4.78, 5) is 26.1. The van der Waals surface area contributed by atoms with Crippen LogP contribution in [-0.2, 0) is 10.3 Å². The van der Waals surface area contributed by atoms with Crippen molar-refractivity contribution in [1.29, 1.82) is 0 Å². The van der Waals surface area contributed by atoms with Crippen LogP contribution in [0.3, 0.4) is 0 Å². The highest BCUT2D eigenvalue weighted by Gasteiger charge is 2.28. The first-order valence-electron chi connectivity index (χ1n) is 14.2. The molecule has 2 N–H and O–H groups in total. The van der Waals surface area contributed by atoms with Crippen molar-refractivity contribution >= 4 is 22.8 Å². The van der Waals surface area contributed by atoms with E-state index in [1.54, 1.807) is 37.8 Å². The molecule has 7 rings (SSSR count). The number of nitrogens with one attached hydrogen (secondary N) is 1. The highest BCUT2D eigenvalue weighted by molar-refractivity contribution is 5.91. The van der Waals surface area contributed by atoms with Crippen molar-refractivity contribution < 1.29 is 14.2 Å². The van der Waals surface area contributed by atoms with Gasteiger partial charge >= 0.3 is 0 Å². The Labute approximate surface area is 242 Å². The average molecular weight is 570 g/mol. The minimum Gasteiger partial charge on any atom is -0.381 e. The molecule has 42 heavy (non-hydrogen) atoms.